The third-order valence-electron chi connectivity index (χ3n) is 1.09. The van der Waals surface area contributed by atoms with Crippen LogP contribution >= 0.6 is 0 Å². The fraction of sp³-hybridized carbons (Fsp3) is 1.00. The Labute approximate surface area is 64.3 Å². The molecule has 0 aromatic rings. The van der Waals surface area contributed by atoms with Crippen LogP contribution in [0.2, 0.25) is 0 Å². The van der Waals surface area contributed by atoms with Crippen molar-refractivity contribution in [2.24, 2.45) is 0 Å². The monoisotopic (exact) mass is 196 g/mol. The largest absolute Gasteiger partial charge is 0.420 e. The Bertz CT molecular complexity index is 141. The lowest BCUT2D eigenvalue weighted by Crippen LogP contribution is -2.47. The molecule has 7 heteroatoms. The molecular formula is C5H6F6O. The zero-order valence-electron chi connectivity index (χ0n) is 5.96. The SMILES string of the molecule is COC(C(F)(F)F)C(F)(F)CF. The molecule has 0 fully saturated rings. The standard InChI is InChI=1S/C5H6F6O/c1-12-3(5(9,10)11)4(7,8)2-6/h3H,2H2,1H3. The normalized spacial score (nSPS) is 16.2. The smallest absolute Gasteiger partial charge is 0.366 e. The third kappa shape index (κ3) is 2.54. The van der Waals surface area contributed by atoms with Crippen molar-refractivity contribution in [2.75, 3.05) is 13.8 Å². The number of halogens is 6. The zero-order valence-corrected chi connectivity index (χ0v) is 5.96. The molecule has 0 amide bonds. The molecule has 12 heavy (non-hydrogen) atoms. The highest BCUT2D eigenvalue weighted by Crippen LogP contribution is 2.34. The summed E-state index contributed by atoms with van der Waals surface area (Å²) in [6.45, 7) is -2.40. The van der Waals surface area contributed by atoms with Crippen LogP contribution in [0.15, 0.2) is 0 Å². The minimum atomic E-state index is -5.26. The Hall–Kier alpha value is -0.460. The van der Waals surface area contributed by atoms with Gasteiger partial charge < -0.3 is 4.74 Å². The summed E-state index contributed by atoms with van der Waals surface area (Å²) in [6.07, 6.45) is -8.64. The van der Waals surface area contributed by atoms with Gasteiger partial charge in [0.1, 0.15) is 0 Å². The minimum absolute atomic E-state index is 0.446. The second-order valence-corrected chi connectivity index (χ2v) is 2.05. The molecular weight excluding hydrogens is 190 g/mol. The van der Waals surface area contributed by atoms with Crippen molar-refractivity contribution in [3.8, 4) is 0 Å². The van der Waals surface area contributed by atoms with Crippen molar-refractivity contribution >= 4 is 0 Å². The Kier molecular flexibility index (Phi) is 3.37. The van der Waals surface area contributed by atoms with Gasteiger partial charge in [0.25, 0.3) is 0 Å². The second-order valence-electron chi connectivity index (χ2n) is 2.05. The summed E-state index contributed by atoms with van der Waals surface area (Å²) in [5.41, 5.74) is 0. The average molecular weight is 196 g/mol. The van der Waals surface area contributed by atoms with Gasteiger partial charge in [-0.05, 0) is 0 Å². The Morgan fingerprint density at radius 3 is 1.67 bits per heavy atom. The summed E-state index contributed by atoms with van der Waals surface area (Å²) in [6, 6.07) is 0. The van der Waals surface area contributed by atoms with Crippen LogP contribution in [0.25, 0.3) is 0 Å². The first-order valence-electron chi connectivity index (χ1n) is 2.79. The van der Waals surface area contributed by atoms with E-state index in [2.05, 4.69) is 4.74 Å². The topological polar surface area (TPSA) is 9.23 Å². The summed E-state index contributed by atoms with van der Waals surface area (Å²) in [5, 5.41) is 0. The Balaban J connectivity index is 4.56. The molecule has 0 aromatic heterocycles. The molecule has 0 spiro atoms. The molecule has 1 nitrogen and oxygen atoms in total. The molecule has 74 valence electrons. The number of alkyl halides is 6. The minimum Gasteiger partial charge on any atom is -0.366 e. The molecule has 0 heterocycles. The molecule has 0 saturated carbocycles. The van der Waals surface area contributed by atoms with E-state index in [-0.39, 0.29) is 0 Å². The molecule has 0 bridgehead atoms. The molecule has 0 saturated heterocycles. The third-order valence-corrected chi connectivity index (χ3v) is 1.09. The first-order valence-corrected chi connectivity index (χ1v) is 2.79. The molecule has 1 unspecified atom stereocenters. The van der Waals surface area contributed by atoms with E-state index < -0.39 is 24.9 Å². The van der Waals surface area contributed by atoms with Crippen molar-refractivity contribution in [3.05, 3.63) is 0 Å². The predicted molar refractivity (Wildman–Crippen MR) is 27.8 cm³/mol. The lowest BCUT2D eigenvalue weighted by Gasteiger charge is -2.24. The maximum absolute atomic E-state index is 12.1. The first-order chi connectivity index (χ1) is 5.25. The van der Waals surface area contributed by atoms with Gasteiger partial charge in [0.05, 0.1) is 0 Å². The first kappa shape index (κ1) is 11.5. The van der Waals surface area contributed by atoms with Crippen molar-refractivity contribution in [1.82, 2.24) is 0 Å². The van der Waals surface area contributed by atoms with Crippen LogP contribution < -0.4 is 0 Å². The quantitative estimate of drug-likeness (QED) is 0.628. The van der Waals surface area contributed by atoms with Gasteiger partial charge in [-0.1, -0.05) is 0 Å². The van der Waals surface area contributed by atoms with E-state index in [0.29, 0.717) is 7.11 Å². The lowest BCUT2D eigenvalue weighted by atomic mass is 10.2. The molecule has 0 aromatic carbocycles. The second kappa shape index (κ2) is 3.51. The van der Waals surface area contributed by atoms with E-state index >= 15 is 0 Å². The van der Waals surface area contributed by atoms with E-state index in [0.717, 1.165) is 0 Å². The number of rotatable bonds is 3. The molecule has 0 radical (unpaired) electrons. The van der Waals surface area contributed by atoms with E-state index in [9.17, 15) is 26.3 Å². The van der Waals surface area contributed by atoms with E-state index in [1.807, 2.05) is 0 Å². The van der Waals surface area contributed by atoms with Crippen LogP contribution in [0.1, 0.15) is 0 Å². The number of hydrogen-bond donors (Lipinski definition) is 0. The highest BCUT2D eigenvalue weighted by Gasteiger charge is 2.56. The fourth-order valence-electron chi connectivity index (χ4n) is 0.616. The Morgan fingerprint density at radius 1 is 1.17 bits per heavy atom. The van der Waals surface area contributed by atoms with Gasteiger partial charge in [0, 0.05) is 7.11 Å². The van der Waals surface area contributed by atoms with Crippen molar-refractivity contribution < 1.29 is 31.1 Å². The molecule has 0 aliphatic rings. The van der Waals surface area contributed by atoms with Crippen molar-refractivity contribution in [3.63, 3.8) is 0 Å². The molecule has 0 rings (SSSR count). The van der Waals surface area contributed by atoms with E-state index in [1.165, 1.54) is 0 Å². The van der Waals surface area contributed by atoms with Gasteiger partial charge in [0.2, 0.25) is 6.10 Å². The summed E-state index contributed by atoms with van der Waals surface area (Å²) < 4.78 is 73.9. The molecule has 0 aliphatic heterocycles. The lowest BCUT2D eigenvalue weighted by molar-refractivity contribution is -0.280. The van der Waals surface area contributed by atoms with Gasteiger partial charge in [-0.2, -0.15) is 13.2 Å². The van der Waals surface area contributed by atoms with Crippen LogP contribution in [-0.2, 0) is 4.74 Å². The van der Waals surface area contributed by atoms with E-state index in [1.54, 1.807) is 0 Å². The molecule has 0 N–H and O–H groups in total. The summed E-state index contributed by atoms with van der Waals surface area (Å²) in [7, 11) is 0.446. The van der Waals surface area contributed by atoms with Crippen LogP contribution in [0.4, 0.5) is 26.3 Å². The maximum Gasteiger partial charge on any atom is 0.420 e. The zero-order chi connectivity index (χ0) is 9.99. The summed E-state index contributed by atoms with van der Waals surface area (Å²) >= 11 is 0. The van der Waals surface area contributed by atoms with Crippen molar-refractivity contribution in [1.29, 1.82) is 0 Å². The highest BCUT2D eigenvalue weighted by atomic mass is 19.4. The van der Waals surface area contributed by atoms with Gasteiger partial charge in [-0.25, -0.2) is 13.2 Å². The van der Waals surface area contributed by atoms with Gasteiger partial charge in [-0.3, -0.25) is 0 Å². The Morgan fingerprint density at radius 2 is 1.58 bits per heavy atom. The average Bonchev–Trinajstić information content (AvgIpc) is 1.85. The van der Waals surface area contributed by atoms with E-state index in [4.69, 9.17) is 0 Å². The number of hydrogen-bond acceptors (Lipinski definition) is 1. The van der Waals surface area contributed by atoms with Crippen LogP contribution in [0.3, 0.4) is 0 Å². The number of ether oxygens (including phenoxy) is 1. The van der Waals surface area contributed by atoms with Crippen LogP contribution in [0, 0.1) is 0 Å². The molecule has 0 aliphatic carbocycles. The summed E-state index contributed by atoms with van der Waals surface area (Å²) in [5.74, 6) is -4.52. The van der Waals surface area contributed by atoms with Gasteiger partial charge in [0.15, 0.2) is 6.67 Å². The van der Waals surface area contributed by atoms with Crippen LogP contribution in [-0.4, -0.2) is 32.0 Å². The van der Waals surface area contributed by atoms with Crippen LogP contribution in [0.5, 0.6) is 0 Å². The fourth-order valence-corrected chi connectivity index (χ4v) is 0.616. The predicted octanol–water partition coefficient (Wildman–Crippen LogP) is 2.17. The van der Waals surface area contributed by atoms with Gasteiger partial charge >= 0.3 is 12.1 Å². The summed E-state index contributed by atoms with van der Waals surface area (Å²) in [4.78, 5) is 0. The maximum atomic E-state index is 12.1. The highest BCUT2D eigenvalue weighted by molar-refractivity contribution is 4.83. The van der Waals surface area contributed by atoms with Crippen molar-refractivity contribution in [2.45, 2.75) is 18.2 Å². The van der Waals surface area contributed by atoms with Gasteiger partial charge in [-0.15, -0.1) is 0 Å². The molecule has 1 atom stereocenters. The number of methoxy groups -OCH3 is 1.